The largest absolute Gasteiger partial charge is 0.356 e. The summed E-state index contributed by atoms with van der Waals surface area (Å²) in [7, 11) is 2.13. The van der Waals surface area contributed by atoms with Gasteiger partial charge in [0.25, 0.3) is 0 Å². The summed E-state index contributed by atoms with van der Waals surface area (Å²) in [4.78, 5) is 14.4. The molecular weight excluding hydrogens is 302 g/mol. The number of hydrogen-bond acceptors (Lipinski definition) is 3. The van der Waals surface area contributed by atoms with Crippen LogP contribution in [-0.2, 0) is 11.2 Å². The summed E-state index contributed by atoms with van der Waals surface area (Å²) in [5.41, 5.74) is 1.46. The van der Waals surface area contributed by atoms with E-state index in [1.54, 1.807) is 13.8 Å². The van der Waals surface area contributed by atoms with Gasteiger partial charge in [0.15, 0.2) is 0 Å². The average molecular weight is 328 g/mol. The summed E-state index contributed by atoms with van der Waals surface area (Å²) < 4.78 is 26.3. The van der Waals surface area contributed by atoms with Gasteiger partial charge in [0, 0.05) is 17.8 Å². The molecule has 1 N–H and O–H groups in total. The Balaban J connectivity index is 1.79. The van der Waals surface area contributed by atoms with E-state index in [1.165, 1.54) is 12.8 Å². The van der Waals surface area contributed by atoms with Gasteiger partial charge >= 0.3 is 6.55 Å². The molecule has 0 bridgehead atoms. The number of rotatable bonds is 6. The molecule has 23 heavy (non-hydrogen) atoms. The number of amides is 1. The van der Waals surface area contributed by atoms with Gasteiger partial charge < -0.3 is 10.2 Å². The lowest BCUT2D eigenvalue weighted by Gasteiger charge is -2.28. The topological polar surface area (TPSA) is 50.2 Å². The van der Waals surface area contributed by atoms with Crippen LogP contribution in [-0.4, -0.2) is 47.3 Å². The van der Waals surface area contributed by atoms with Crippen LogP contribution in [0.1, 0.15) is 42.8 Å². The highest BCUT2D eigenvalue weighted by Gasteiger charge is 2.20. The van der Waals surface area contributed by atoms with Crippen molar-refractivity contribution in [1.82, 2.24) is 20.0 Å². The maximum atomic E-state index is 12.8. The van der Waals surface area contributed by atoms with Gasteiger partial charge in [-0.2, -0.15) is 13.9 Å². The van der Waals surface area contributed by atoms with E-state index in [1.807, 2.05) is 0 Å². The van der Waals surface area contributed by atoms with E-state index in [-0.39, 0.29) is 12.3 Å². The van der Waals surface area contributed by atoms with Crippen molar-refractivity contribution in [3.05, 3.63) is 17.0 Å². The molecule has 0 radical (unpaired) electrons. The third kappa shape index (κ3) is 4.73. The minimum absolute atomic E-state index is 0.109. The molecule has 7 heteroatoms. The minimum Gasteiger partial charge on any atom is -0.356 e. The number of aromatic nitrogens is 2. The molecule has 2 heterocycles. The highest BCUT2D eigenvalue weighted by atomic mass is 19.3. The van der Waals surface area contributed by atoms with Gasteiger partial charge in [-0.3, -0.25) is 4.79 Å². The van der Waals surface area contributed by atoms with Crippen LogP contribution in [0.15, 0.2) is 0 Å². The molecule has 1 aliphatic rings. The third-order valence-electron chi connectivity index (χ3n) is 4.71. The Morgan fingerprint density at radius 1 is 1.35 bits per heavy atom. The van der Waals surface area contributed by atoms with Crippen LogP contribution in [0, 0.1) is 19.8 Å². The van der Waals surface area contributed by atoms with Crippen LogP contribution in [0.25, 0.3) is 0 Å². The van der Waals surface area contributed by atoms with Gasteiger partial charge in [0.05, 0.1) is 12.1 Å². The quantitative estimate of drug-likeness (QED) is 0.872. The normalized spacial score (nSPS) is 17.0. The van der Waals surface area contributed by atoms with Crippen molar-refractivity contribution in [2.45, 2.75) is 46.1 Å². The molecule has 2 rings (SSSR count). The first-order chi connectivity index (χ1) is 10.9. The lowest BCUT2D eigenvalue weighted by molar-refractivity contribution is -0.120. The fourth-order valence-electron chi connectivity index (χ4n) is 3.13. The molecule has 5 nitrogen and oxygen atoms in total. The Hall–Kier alpha value is -1.50. The van der Waals surface area contributed by atoms with Crippen molar-refractivity contribution in [2.24, 2.45) is 5.92 Å². The van der Waals surface area contributed by atoms with Crippen LogP contribution in [0.4, 0.5) is 8.78 Å². The second-order valence-electron chi connectivity index (χ2n) is 6.43. The van der Waals surface area contributed by atoms with E-state index in [0.717, 1.165) is 19.5 Å². The molecule has 0 unspecified atom stereocenters. The number of carbonyl (C=O) groups excluding carboxylic acids is 1. The highest BCUT2D eigenvalue weighted by molar-refractivity contribution is 5.79. The molecule has 0 atom stereocenters. The van der Waals surface area contributed by atoms with Crippen molar-refractivity contribution in [2.75, 3.05) is 26.7 Å². The Morgan fingerprint density at radius 3 is 2.57 bits per heavy atom. The average Bonchev–Trinajstić information content (AvgIpc) is 2.77. The van der Waals surface area contributed by atoms with Crippen molar-refractivity contribution in [3.8, 4) is 0 Å². The number of carbonyl (C=O) groups is 1. The van der Waals surface area contributed by atoms with Crippen molar-refractivity contribution in [1.29, 1.82) is 0 Å². The second kappa shape index (κ2) is 7.86. The number of nitrogens with one attached hydrogen (secondary N) is 1. The number of hydrogen-bond donors (Lipinski definition) is 1. The zero-order valence-corrected chi connectivity index (χ0v) is 14.1. The van der Waals surface area contributed by atoms with Gasteiger partial charge in [-0.15, -0.1) is 0 Å². The summed E-state index contributed by atoms with van der Waals surface area (Å²) in [5.74, 6) is 0.537. The van der Waals surface area contributed by atoms with Crippen LogP contribution in [0.5, 0.6) is 0 Å². The first kappa shape index (κ1) is 17.8. The summed E-state index contributed by atoms with van der Waals surface area (Å²) in [5, 5.41) is 6.71. The first-order valence-corrected chi connectivity index (χ1v) is 8.16. The SMILES string of the molecule is Cc1nn(C(F)F)c(C)c1CC(=O)NCCC1CCN(C)CC1. The second-order valence-corrected chi connectivity index (χ2v) is 6.43. The third-order valence-corrected chi connectivity index (χ3v) is 4.71. The standard InChI is InChI=1S/C16H26F2N4O/c1-11-14(12(2)22(20-11)16(17)18)10-15(23)19-7-4-13-5-8-21(3)9-6-13/h13,16H,4-10H2,1-3H3,(H,19,23). The molecule has 0 aliphatic carbocycles. The zero-order chi connectivity index (χ0) is 17.0. The van der Waals surface area contributed by atoms with Crippen LogP contribution in [0.3, 0.4) is 0 Å². The molecule has 0 saturated carbocycles. The van der Waals surface area contributed by atoms with E-state index in [9.17, 15) is 13.6 Å². The molecular formula is C16H26F2N4O. The van der Waals surface area contributed by atoms with E-state index in [0.29, 0.717) is 34.1 Å². The maximum Gasteiger partial charge on any atom is 0.333 e. The number of piperidine rings is 1. The van der Waals surface area contributed by atoms with Gasteiger partial charge in [-0.25, -0.2) is 4.68 Å². The summed E-state index contributed by atoms with van der Waals surface area (Å²) in [6.45, 7) is 3.44. The first-order valence-electron chi connectivity index (χ1n) is 8.16. The molecule has 130 valence electrons. The summed E-state index contributed by atoms with van der Waals surface area (Å²) in [6, 6.07) is 0. The molecule has 1 fully saturated rings. The fourth-order valence-corrected chi connectivity index (χ4v) is 3.13. The number of alkyl halides is 2. The van der Waals surface area contributed by atoms with Crippen LogP contribution < -0.4 is 5.32 Å². The lowest BCUT2D eigenvalue weighted by atomic mass is 9.94. The fraction of sp³-hybridized carbons (Fsp3) is 0.750. The van der Waals surface area contributed by atoms with Crippen molar-refractivity contribution < 1.29 is 13.6 Å². The lowest BCUT2D eigenvalue weighted by Crippen LogP contribution is -2.33. The molecule has 1 aromatic rings. The predicted molar refractivity (Wildman–Crippen MR) is 84.5 cm³/mol. The molecule has 0 spiro atoms. The van der Waals surface area contributed by atoms with Crippen LogP contribution >= 0.6 is 0 Å². The number of halogens is 2. The van der Waals surface area contributed by atoms with E-state index in [2.05, 4.69) is 22.4 Å². The number of aryl methyl sites for hydroxylation is 1. The van der Waals surface area contributed by atoms with Crippen LogP contribution in [0.2, 0.25) is 0 Å². The van der Waals surface area contributed by atoms with E-state index >= 15 is 0 Å². The number of nitrogens with zero attached hydrogens (tertiary/aromatic N) is 3. The Labute approximate surface area is 136 Å². The van der Waals surface area contributed by atoms with Gasteiger partial charge in [0.2, 0.25) is 5.91 Å². The van der Waals surface area contributed by atoms with Gasteiger partial charge in [0.1, 0.15) is 0 Å². The Morgan fingerprint density at radius 2 is 2.00 bits per heavy atom. The smallest absolute Gasteiger partial charge is 0.333 e. The minimum atomic E-state index is -2.67. The van der Waals surface area contributed by atoms with Gasteiger partial charge in [-0.1, -0.05) is 0 Å². The molecule has 1 amide bonds. The van der Waals surface area contributed by atoms with Crippen molar-refractivity contribution >= 4 is 5.91 Å². The molecule has 1 saturated heterocycles. The Kier molecular flexibility index (Phi) is 6.10. The number of likely N-dealkylation sites (tertiary alicyclic amines) is 1. The molecule has 1 aromatic heterocycles. The van der Waals surface area contributed by atoms with E-state index in [4.69, 9.17) is 0 Å². The highest BCUT2D eigenvalue weighted by Crippen LogP contribution is 2.20. The maximum absolute atomic E-state index is 12.8. The molecule has 1 aliphatic heterocycles. The van der Waals surface area contributed by atoms with E-state index < -0.39 is 6.55 Å². The summed E-state index contributed by atoms with van der Waals surface area (Å²) in [6.07, 6.45) is 3.43. The zero-order valence-electron chi connectivity index (χ0n) is 14.1. The summed E-state index contributed by atoms with van der Waals surface area (Å²) >= 11 is 0. The molecule has 0 aromatic carbocycles. The predicted octanol–water partition coefficient (Wildman–Crippen LogP) is 2.29. The Bertz CT molecular complexity index is 536. The van der Waals surface area contributed by atoms with Crippen molar-refractivity contribution in [3.63, 3.8) is 0 Å². The monoisotopic (exact) mass is 328 g/mol. The van der Waals surface area contributed by atoms with Gasteiger partial charge in [-0.05, 0) is 59.2 Å².